The van der Waals surface area contributed by atoms with E-state index < -0.39 is 46.9 Å². The molecule has 1 atom stereocenters. The first kappa shape index (κ1) is 27.6. The SMILES string of the molecule is CON(C)C(=O)c1ccc(-n2nc(C)nc2C(C)NC(=O)c2cc(C(F)(F)F)cc(C(F)(F)F)c2)nc1. The lowest BCUT2D eigenvalue weighted by molar-refractivity contribution is -0.143. The highest BCUT2D eigenvalue weighted by Crippen LogP contribution is 2.36. The molecule has 1 unspecified atom stereocenters. The molecule has 0 radical (unpaired) electrons. The molecule has 0 spiro atoms. The molecule has 0 saturated carbocycles. The first-order valence-electron chi connectivity index (χ1n) is 10.4. The number of nitrogens with one attached hydrogen (secondary N) is 1. The van der Waals surface area contributed by atoms with Crippen LogP contribution in [0, 0.1) is 6.92 Å². The third kappa shape index (κ3) is 6.22. The second-order valence-electron chi connectivity index (χ2n) is 7.81. The highest BCUT2D eigenvalue weighted by atomic mass is 19.4. The third-order valence-electron chi connectivity index (χ3n) is 5.09. The van der Waals surface area contributed by atoms with Crippen LogP contribution in [-0.4, -0.2) is 50.8 Å². The van der Waals surface area contributed by atoms with E-state index in [9.17, 15) is 35.9 Å². The van der Waals surface area contributed by atoms with E-state index in [0.29, 0.717) is 12.1 Å². The van der Waals surface area contributed by atoms with Crippen LogP contribution < -0.4 is 5.32 Å². The van der Waals surface area contributed by atoms with E-state index in [1.165, 1.54) is 51.0 Å². The van der Waals surface area contributed by atoms with Gasteiger partial charge in [-0.1, -0.05) is 0 Å². The molecule has 3 rings (SSSR count). The van der Waals surface area contributed by atoms with Crippen molar-refractivity contribution in [3.8, 4) is 5.82 Å². The van der Waals surface area contributed by atoms with E-state index in [0.717, 1.165) is 5.06 Å². The van der Waals surface area contributed by atoms with Crippen LogP contribution in [0.4, 0.5) is 26.3 Å². The Bertz CT molecular complexity index is 1270. The van der Waals surface area contributed by atoms with Gasteiger partial charge in [-0.15, -0.1) is 5.10 Å². The molecule has 2 amide bonds. The van der Waals surface area contributed by atoms with Gasteiger partial charge in [0.1, 0.15) is 5.82 Å². The number of benzene rings is 1. The van der Waals surface area contributed by atoms with Crippen LogP contribution in [0.15, 0.2) is 36.5 Å². The minimum atomic E-state index is -5.10. The predicted octanol–water partition coefficient (Wildman–Crippen LogP) is 4.13. The number of halogens is 6. The van der Waals surface area contributed by atoms with Gasteiger partial charge in [0.15, 0.2) is 11.6 Å². The number of pyridine rings is 1. The van der Waals surface area contributed by atoms with Crippen LogP contribution in [0.25, 0.3) is 5.82 Å². The lowest BCUT2D eigenvalue weighted by Crippen LogP contribution is -2.29. The van der Waals surface area contributed by atoms with Gasteiger partial charge < -0.3 is 5.32 Å². The smallest absolute Gasteiger partial charge is 0.342 e. The standard InChI is InChI=1S/C22H20F6N6O3/c1-11(30-19(35)14-7-15(21(23,24)25)9-16(8-14)22(26,27)28)18-31-12(2)32-34(18)17-6-5-13(10-29-17)20(36)33(3)37-4/h5-11H,1-4H3,(H,30,35). The molecule has 0 aliphatic rings. The number of rotatable bonds is 6. The predicted molar refractivity (Wildman–Crippen MR) is 115 cm³/mol. The Morgan fingerprint density at radius 2 is 1.62 bits per heavy atom. The van der Waals surface area contributed by atoms with Crippen molar-refractivity contribution in [3.05, 3.63) is 70.4 Å². The fourth-order valence-corrected chi connectivity index (χ4v) is 3.21. The van der Waals surface area contributed by atoms with E-state index in [4.69, 9.17) is 4.84 Å². The van der Waals surface area contributed by atoms with Gasteiger partial charge in [0, 0.05) is 18.8 Å². The van der Waals surface area contributed by atoms with Crippen molar-refractivity contribution in [1.82, 2.24) is 30.1 Å². The minimum absolute atomic E-state index is 0.0648. The molecule has 0 saturated heterocycles. The summed E-state index contributed by atoms with van der Waals surface area (Å²) in [5.41, 5.74) is -3.87. The number of hydrogen-bond donors (Lipinski definition) is 1. The van der Waals surface area contributed by atoms with Crippen LogP contribution in [-0.2, 0) is 17.2 Å². The van der Waals surface area contributed by atoms with E-state index in [-0.39, 0.29) is 29.1 Å². The van der Waals surface area contributed by atoms with Gasteiger partial charge in [-0.25, -0.2) is 15.0 Å². The molecule has 2 heterocycles. The Morgan fingerprint density at radius 3 is 2.11 bits per heavy atom. The molecule has 9 nitrogen and oxygen atoms in total. The van der Waals surface area contributed by atoms with Crippen LogP contribution in [0.1, 0.15) is 56.5 Å². The fraction of sp³-hybridized carbons (Fsp3) is 0.318. The Morgan fingerprint density at radius 1 is 1.03 bits per heavy atom. The van der Waals surface area contributed by atoms with Gasteiger partial charge >= 0.3 is 12.4 Å². The summed E-state index contributed by atoms with van der Waals surface area (Å²) in [6.45, 7) is 2.95. The highest BCUT2D eigenvalue weighted by molar-refractivity contribution is 5.95. The van der Waals surface area contributed by atoms with E-state index in [1.54, 1.807) is 0 Å². The Labute approximate surface area is 206 Å². The molecule has 0 fully saturated rings. The molecule has 15 heteroatoms. The zero-order chi connectivity index (χ0) is 27.7. The number of hydrogen-bond acceptors (Lipinski definition) is 6. The first-order valence-corrected chi connectivity index (χ1v) is 10.4. The van der Waals surface area contributed by atoms with Crippen LogP contribution >= 0.6 is 0 Å². The maximum Gasteiger partial charge on any atom is 0.416 e. The van der Waals surface area contributed by atoms with E-state index in [2.05, 4.69) is 20.4 Å². The molecular weight excluding hydrogens is 510 g/mol. The van der Waals surface area contributed by atoms with Gasteiger partial charge in [0.25, 0.3) is 11.8 Å². The number of aryl methyl sites for hydroxylation is 1. The lowest BCUT2D eigenvalue weighted by Gasteiger charge is -2.17. The number of alkyl halides is 6. The quantitative estimate of drug-likeness (QED) is 0.380. The Hall–Kier alpha value is -4.01. The van der Waals surface area contributed by atoms with Gasteiger partial charge in [-0.3, -0.25) is 14.4 Å². The van der Waals surface area contributed by atoms with E-state index in [1.807, 2.05) is 0 Å². The summed E-state index contributed by atoms with van der Waals surface area (Å²) in [6.07, 6.45) is -8.95. The molecule has 1 N–H and O–H groups in total. The van der Waals surface area contributed by atoms with Crippen LogP contribution in [0.5, 0.6) is 0 Å². The number of nitrogens with zero attached hydrogens (tertiary/aromatic N) is 5. The minimum Gasteiger partial charge on any atom is -0.342 e. The molecule has 37 heavy (non-hydrogen) atoms. The second-order valence-corrected chi connectivity index (χ2v) is 7.81. The summed E-state index contributed by atoms with van der Waals surface area (Å²) >= 11 is 0. The molecular formula is C22H20F6N6O3. The van der Waals surface area contributed by atoms with Crippen molar-refractivity contribution in [2.45, 2.75) is 32.2 Å². The van der Waals surface area contributed by atoms with Gasteiger partial charge in [-0.2, -0.15) is 31.0 Å². The third-order valence-corrected chi connectivity index (χ3v) is 5.09. The van der Waals surface area contributed by atoms with Crippen molar-refractivity contribution in [2.24, 2.45) is 0 Å². The number of amides is 2. The number of hydroxylamine groups is 2. The highest BCUT2D eigenvalue weighted by Gasteiger charge is 2.37. The van der Waals surface area contributed by atoms with Gasteiger partial charge in [0.05, 0.1) is 29.8 Å². The van der Waals surface area contributed by atoms with E-state index >= 15 is 0 Å². The molecule has 2 aromatic heterocycles. The van der Waals surface area contributed by atoms with Gasteiger partial charge in [-0.05, 0) is 44.2 Å². The summed E-state index contributed by atoms with van der Waals surface area (Å²) in [7, 11) is 2.71. The van der Waals surface area contributed by atoms with Crippen molar-refractivity contribution in [2.75, 3.05) is 14.2 Å². The molecule has 3 aromatic rings. The fourth-order valence-electron chi connectivity index (χ4n) is 3.21. The maximum absolute atomic E-state index is 13.2. The first-order chi connectivity index (χ1) is 17.1. The van der Waals surface area contributed by atoms with Crippen LogP contribution in [0.2, 0.25) is 0 Å². The molecule has 0 bridgehead atoms. The zero-order valence-corrected chi connectivity index (χ0v) is 19.8. The Kier molecular flexibility index (Phi) is 7.57. The normalized spacial score (nSPS) is 12.8. The summed E-state index contributed by atoms with van der Waals surface area (Å²) < 4.78 is 80.2. The summed E-state index contributed by atoms with van der Waals surface area (Å²) in [5, 5.41) is 7.50. The van der Waals surface area contributed by atoms with Gasteiger partial charge in [0.2, 0.25) is 0 Å². The van der Waals surface area contributed by atoms with Crippen molar-refractivity contribution < 1.29 is 40.8 Å². The summed E-state index contributed by atoms with van der Waals surface area (Å²) in [6, 6.07) is 2.46. The van der Waals surface area contributed by atoms with Crippen molar-refractivity contribution in [3.63, 3.8) is 0 Å². The monoisotopic (exact) mass is 530 g/mol. The van der Waals surface area contributed by atoms with Crippen molar-refractivity contribution in [1.29, 1.82) is 0 Å². The summed E-state index contributed by atoms with van der Waals surface area (Å²) in [4.78, 5) is 38.0. The molecule has 198 valence electrons. The average molecular weight is 530 g/mol. The molecule has 1 aromatic carbocycles. The number of carbonyl (C=O) groups is 2. The molecule has 0 aliphatic carbocycles. The number of aromatic nitrogens is 4. The maximum atomic E-state index is 13.2. The second kappa shape index (κ2) is 10.2. The lowest BCUT2D eigenvalue weighted by atomic mass is 10.0. The van der Waals surface area contributed by atoms with Crippen molar-refractivity contribution >= 4 is 11.8 Å². The summed E-state index contributed by atoms with van der Waals surface area (Å²) in [5.74, 6) is -1.14. The zero-order valence-electron chi connectivity index (χ0n) is 19.8. The molecule has 0 aliphatic heterocycles. The Balaban J connectivity index is 1.90. The van der Waals surface area contributed by atoms with Crippen LogP contribution in [0.3, 0.4) is 0 Å². The topological polar surface area (TPSA) is 102 Å². The largest absolute Gasteiger partial charge is 0.416 e. The number of carbonyl (C=O) groups excluding carboxylic acids is 2. The average Bonchev–Trinajstić information content (AvgIpc) is 3.23.